The lowest BCUT2D eigenvalue weighted by Gasteiger charge is -2.00. The molecule has 0 radical (unpaired) electrons. The Morgan fingerprint density at radius 1 is 1.22 bits per heavy atom. The number of hydrogen-bond acceptors (Lipinski definition) is 2. The van der Waals surface area contributed by atoms with Crippen LogP contribution in [-0.2, 0) is 4.79 Å². The van der Waals surface area contributed by atoms with Gasteiger partial charge in [-0.1, -0.05) is 35.3 Å². The van der Waals surface area contributed by atoms with Gasteiger partial charge in [0.15, 0.2) is 0 Å². The second kappa shape index (κ2) is 5.57. The molecule has 5 heteroatoms. The first kappa shape index (κ1) is 13.1. The summed E-state index contributed by atoms with van der Waals surface area (Å²) in [4.78, 5) is 11.9. The van der Waals surface area contributed by atoms with Crippen LogP contribution in [0.2, 0.25) is 9.36 Å². The quantitative estimate of drug-likeness (QED) is 0.835. The number of carboxylic acids is 1. The number of carboxylic acid groups (broad SMARTS) is 1. The smallest absolute Gasteiger partial charge is 0.337 e. The van der Waals surface area contributed by atoms with Crippen molar-refractivity contribution < 1.29 is 9.90 Å². The molecule has 2 aromatic rings. The van der Waals surface area contributed by atoms with E-state index in [4.69, 9.17) is 23.2 Å². The first-order valence-electron chi connectivity index (χ1n) is 5.02. The summed E-state index contributed by atoms with van der Waals surface area (Å²) in [5, 5.41) is 9.80. The predicted octanol–water partition coefficient (Wildman–Crippen LogP) is 4.68. The SMILES string of the molecule is O=C(O)/C(=C\c1cccc(Cl)c1)c1ccc(Cl)s1. The maximum absolute atomic E-state index is 11.3. The van der Waals surface area contributed by atoms with Gasteiger partial charge in [-0.05, 0) is 35.9 Å². The largest absolute Gasteiger partial charge is 0.478 e. The molecular formula is C13H8Cl2O2S. The molecule has 0 saturated carbocycles. The highest BCUT2D eigenvalue weighted by Crippen LogP contribution is 2.29. The molecule has 0 spiro atoms. The van der Waals surface area contributed by atoms with E-state index in [1.54, 1.807) is 42.5 Å². The number of benzene rings is 1. The van der Waals surface area contributed by atoms with Crippen LogP contribution in [0.1, 0.15) is 10.4 Å². The highest BCUT2D eigenvalue weighted by atomic mass is 35.5. The molecule has 92 valence electrons. The van der Waals surface area contributed by atoms with Crippen LogP contribution in [0.5, 0.6) is 0 Å². The third kappa shape index (κ3) is 3.13. The van der Waals surface area contributed by atoms with Crippen LogP contribution in [-0.4, -0.2) is 11.1 Å². The van der Waals surface area contributed by atoms with E-state index < -0.39 is 5.97 Å². The van der Waals surface area contributed by atoms with Crippen molar-refractivity contribution in [2.24, 2.45) is 0 Å². The van der Waals surface area contributed by atoms with E-state index in [9.17, 15) is 9.90 Å². The molecule has 2 nitrogen and oxygen atoms in total. The Morgan fingerprint density at radius 2 is 2.00 bits per heavy atom. The van der Waals surface area contributed by atoms with E-state index in [0.717, 1.165) is 5.56 Å². The van der Waals surface area contributed by atoms with E-state index >= 15 is 0 Å². The second-order valence-electron chi connectivity index (χ2n) is 3.52. The molecular weight excluding hydrogens is 291 g/mol. The highest BCUT2D eigenvalue weighted by Gasteiger charge is 2.12. The molecule has 0 fully saturated rings. The highest BCUT2D eigenvalue weighted by molar-refractivity contribution is 7.17. The van der Waals surface area contributed by atoms with E-state index in [0.29, 0.717) is 14.2 Å². The van der Waals surface area contributed by atoms with E-state index in [2.05, 4.69) is 0 Å². The Kier molecular flexibility index (Phi) is 4.07. The fraction of sp³-hybridized carbons (Fsp3) is 0. The van der Waals surface area contributed by atoms with Crippen molar-refractivity contribution in [3.8, 4) is 0 Å². The van der Waals surface area contributed by atoms with Crippen molar-refractivity contribution in [3.05, 3.63) is 56.2 Å². The zero-order chi connectivity index (χ0) is 13.1. The molecule has 0 aliphatic carbocycles. The maximum Gasteiger partial charge on any atom is 0.337 e. The van der Waals surface area contributed by atoms with Gasteiger partial charge in [-0.15, -0.1) is 11.3 Å². The lowest BCUT2D eigenvalue weighted by atomic mass is 10.1. The monoisotopic (exact) mass is 298 g/mol. The molecule has 0 unspecified atom stereocenters. The van der Waals surface area contributed by atoms with Crippen molar-refractivity contribution in [2.45, 2.75) is 0 Å². The number of thiophene rings is 1. The summed E-state index contributed by atoms with van der Waals surface area (Å²) in [5.74, 6) is -0.992. The van der Waals surface area contributed by atoms with Crippen LogP contribution in [0.25, 0.3) is 11.6 Å². The number of rotatable bonds is 3. The fourth-order valence-corrected chi connectivity index (χ4v) is 2.71. The van der Waals surface area contributed by atoms with Crippen molar-refractivity contribution in [2.75, 3.05) is 0 Å². The molecule has 1 aromatic heterocycles. The van der Waals surface area contributed by atoms with Crippen LogP contribution in [0.15, 0.2) is 36.4 Å². The zero-order valence-corrected chi connectivity index (χ0v) is 11.4. The Hall–Kier alpha value is -1.29. The van der Waals surface area contributed by atoms with Gasteiger partial charge in [0.2, 0.25) is 0 Å². The molecule has 0 aliphatic rings. The molecule has 18 heavy (non-hydrogen) atoms. The Morgan fingerprint density at radius 3 is 2.56 bits per heavy atom. The standard InChI is InChI=1S/C13H8Cl2O2S/c14-9-3-1-2-8(6-9)7-10(13(16)17)11-4-5-12(15)18-11/h1-7H,(H,16,17)/b10-7-. The van der Waals surface area contributed by atoms with Crippen LogP contribution in [0, 0.1) is 0 Å². The zero-order valence-electron chi connectivity index (χ0n) is 9.06. The number of aliphatic carboxylic acids is 1. The van der Waals surface area contributed by atoms with Gasteiger partial charge < -0.3 is 5.11 Å². The molecule has 2 rings (SSSR count). The van der Waals surface area contributed by atoms with Gasteiger partial charge in [-0.3, -0.25) is 0 Å². The Balaban J connectivity index is 2.45. The third-order valence-corrected chi connectivity index (χ3v) is 3.73. The maximum atomic E-state index is 11.3. The van der Waals surface area contributed by atoms with Gasteiger partial charge in [0.1, 0.15) is 0 Å². The van der Waals surface area contributed by atoms with Crippen molar-refractivity contribution in [3.63, 3.8) is 0 Å². The molecule has 0 saturated heterocycles. The minimum Gasteiger partial charge on any atom is -0.478 e. The average Bonchev–Trinajstić information content (AvgIpc) is 2.72. The van der Waals surface area contributed by atoms with Crippen molar-refractivity contribution in [1.29, 1.82) is 0 Å². The second-order valence-corrected chi connectivity index (χ2v) is 5.67. The summed E-state index contributed by atoms with van der Waals surface area (Å²) in [7, 11) is 0. The van der Waals surface area contributed by atoms with E-state index in [-0.39, 0.29) is 5.57 Å². The van der Waals surface area contributed by atoms with Crippen LogP contribution in [0.4, 0.5) is 0 Å². The van der Waals surface area contributed by atoms with Crippen molar-refractivity contribution >= 4 is 52.2 Å². The van der Waals surface area contributed by atoms with Gasteiger partial charge in [-0.2, -0.15) is 0 Å². The number of hydrogen-bond donors (Lipinski definition) is 1. The van der Waals surface area contributed by atoms with Gasteiger partial charge in [-0.25, -0.2) is 4.79 Å². The average molecular weight is 299 g/mol. The molecule has 0 aliphatic heterocycles. The van der Waals surface area contributed by atoms with E-state index in [1.807, 2.05) is 0 Å². The van der Waals surface area contributed by atoms with Gasteiger partial charge in [0.25, 0.3) is 0 Å². The summed E-state index contributed by atoms with van der Waals surface area (Å²) >= 11 is 12.9. The van der Waals surface area contributed by atoms with Crippen molar-refractivity contribution in [1.82, 2.24) is 0 Å². The Labute approximate surface area is 118 Å². The Bertz CT molecular complexity index is 617. The molecule has 0 bridgehead atoms. The lowest BCUT2D eigenvalue weighted by Crippen LogP contribution is -1.97. The molecule has 1 N–H and O–H groups in total. The van der Waals surface area contributed by atoms with Crippen LogP contribution in [0.3, 0.4) is 0 Å². The predicted molar refractivity (Wildman–Crippen MR) is 76.3 cm³/mol. The molecule has 1 aromatic carbocycles. The summed E-state index contributed by atoms with van der Waals surface area (Å²) < 4.78 is 0.559. The first-order valence-corrected chi connectivity index (χ1v) is 6.60. The summed E-state index contributed by atoms with van der Waals surface area (Å²) in [6, 6.07) is 10.4. The minimum absolute atomic E-state index is 0.203. The number of carbonyl (C=O) groups is 1. The topological polar surface area (TPSA) is 37.3 Å². The molecule has 1 heterocycles. The molecule has 0 atom stereocenters. The summed E-state index contributed by atoms with van der Waals surface area (Å²) in [6.45, 7) is 0. The summed E-state index contributed by atoms with van der Waals surface area (Å²) in [6.07, 6.45) is 1.58. The van der Waals surface area contributed by atoms with Crippen LogP contribution < -0.4 is 0 Å². The fourth-order valence-electron chi connectivity index (χ4n) is 1.46. The first-order chi connectivity index (χ1) is 8.56. The summed E-state index contributed by atoms with van der Waals surface area (Å²) in [5.41, 5.74) is 0.943. The minimum atomic E-state index is -0.992. The molecule has 0 amide bonds. The van der Waals surface area contributed by atoms with Gasteiger partial charge >= 0.3 is 5.97 Å². The number of halogens is 2. The van der Waals surface area contributed by atoms with E-state index in [1.165, 1.54) is 11.3 Å². The lowest BCUT2D eigenvalue weighted by molar-refractivity contribution is -0.130. The third-order valence-electron chi connectivity index (χ3n) is 2.23. The normalized spacial score (nSPS) is 11.6. The van der Waals surface area contributed by atoms with Gasteiger partial charge in [0, 0.05) is 9.90 Å². The van der Waals surface area contributed by atoms with Crippen LogP contribution >= 0.6 is 34.5 Å². The van der Waals surface area contributed by atoms with Gasteiger partial charge in [0.05, 0.1) is 9.91 Å².